The number of alkyl halides is 3. The summed E-state index contributed by atoms with van der Waals surface area (Å²) in [6.45, 7) is 0.370. The highest BCUT2D eigenvalue weighted by molar-refractivity contribution is 5.76. The summed E-state index contributed by atoms with van der Waals surface area (Å²) in [5, 5.41) is 19.4. The van der Waals surface area contributed by atoms with Crippen molar-refractivity contribution in [2.75, 3.05) is 33.9 Å². The largest absolute Gasteiger partial charge is 0.493 e. The van der Waals surface area contributed by atoms with Gasteiger partial charge < -0.3 is 24.3 Å². The Morgan fingerprint density at radius 3 is 2.59 bits per heavy atom. The van der Waals surface area contributed by atoms with Gasteiger partial charge in [0.15, 0.2) is 11.5 Å². The van der Waals surface area contributed by atoms with E-state index in [0.717, 1.165) is 10.1 Å². The summed E-state index contributed by atoms with van der Waals surface area (Å²) in [5.41, 5.74) is 1.43. The van der Waals surface area contributed by atoms with E-state index in [4.69, 9.17) is 14.6 Å². The second-order valence-electron chi connectivity index (χ2n) is 7.44. The Kier molecular flexibility index (Phi) is 7.60. The fourth-order valence-corrected chi connectivity index (χ4v) is 3.57. The van der Waals surface area contributed by atoms with Crippen LogP contribution in [0.4, 0.5) is 13.2 Å². The first-order valence-electron chi connectivity index (χ1n) is 10.0. The molecule has 1 aromatic heterocycles. The number of imidazole rings is 1. The molecule has 1 atom stereocenters. The lowest BCUT2D eigenvalue weighted by molar-refractivity contribution is -0.147. The van der Waals surface area contributed by atoms with Crippen molar-refractivity contribution in [3.8, 4) is 11.5 Å². The van der Waals surface area contributed by atoms with Crippen LogP contribution in [0.15, 0.2) is 42.5 Å². The van der Waals surface area contributed by atoms with Crippen molar-refractivity contribution in [1.29, 1.82) is 0 Å². The lowest BCUT2D eigenvalue weighted by Gasteiger charge is -2.22. The predicted octanol–water partition coefficient (Wildman–Crippen LogP) is 2.93. The van der Waals surface area contributed by atoms with Gasteiger partial charge in [0.25, 0.3) is 0 Å². The van der Waals surface area contributed by atoms with E-state index in [2.05, 4.69) is 4.98 Å². The van der Waals surface area contributed by atoms with Crippen molar-refractivity contribution in [2.45, 2.75) is 25.4 Å². The molecule has 0 amide bonds. The molecule has 0 saturated carbocycles. The summed E-state index contributed by atoms with van der Waals surface area (Å²) in [7, 11) is 3.27. The van der Waals surface area contributed by atoms with Crippen molar-refractivity contribution in [1.82, 2.24) is 14.5 Å². The topological polar surface area (TPSA) is 80.0 Å². The van der Waals surface area contributed by atoms with E-state index in [1.54, 1.807) is 42.3 Å². The molecule has 0 fully saturated rings. The molecule has 1 heterocycles. The molecule has 32 heavy (non-hydrogen) atoms. The van der Waals surface area contributed by atoms with Crippen LogP contribution in [0.5, 0.6) is 11.5 Å². The predicted molar refractivity (Wildman–Crippen MR) is 113 cm³/mol. The van der Waals surface area contributed by atoms with Gasteiger partial charge in [-0.1, -0.05) is 18.2 Å². The molecule has 174 valence electrons. The third-order valence-corrected chi connectivity index (χ3v) is 4.85. The summed E-state index contributed by atoms with van der Waals surface area (Å²) < 4.78 is 52.1. The zero-order valence-electron chi connectivity index (χ0n) is 17.8. The summed E-state index contributed by atoms with van der Waals surface area (Å²) in [5.74, 6) is -0.0205. The average Bonchev–Trinajstić information content (AvgIpc) is 3.11. The Morgan fingerprint density at radius 1 is 1.16 bits per heavy atom. The van der Waals surface area contributed by atoms with E-state index in [1.807, 2.05) is 6.07 Å². The van der Waals surface area contributed by atoms with Crippen LogP contribution in [-0.2, 0) is 19.3 Å². The van der Waals surface area contributed by atoms with Crippen LogP contribution in [0.1, 0.15) is 11.4 Å². The number of para-hydroxylation sites is 2. The van der Waals surface area contributed by atoms with E-state index in [-0.39, 0.29) is 31.8 Å². The maximum absolute atomic E-state index is 13.5. The molecule has 10 heteroatoms. The maximum atomic E-state index is 13.5. The van der Waals surface area contributed by atoms with Gasteiger partial charge in [0.05, 0.1) is 37.4 Å². The number of aliphatic hydroxyl groups excluding tert-OH is 2. The SMILES string of the molecule is COc1cc(CN(C)C[C@H](O)Cn2c(C(F)(F)F)nc3ccccc32)ccc1OCCO. The summed E-state index contributed by atoms with van der Waals surface area (Å²) in [4.78, 5) is 5.51. The minimum absolute atomic E-state index is 0.117. The van der Waals surface area contributed by atoms with Crippen molar-refractivity contribution in [3.63, 3.8) is 0 Å². The Balaban J connectivity index is 1.69. The van der Waals surface area contributed by atoms with E-state index in [0.29, 0.717) is 23.6 Å². The molecule has 0 bridgehead atoms. The van der Waals surface area contributed by atoms with Gasteiger partial charge >= 0.3 is 6.18 Å². The zero-order valence-corrected chi connectivity index (χ0v) is 17.8. The number of aliphatic hydroxyl groups is 2. The molecule has 0 saturated heterocycles. The van der Waals surface area contributed by atoms with Gasteiger partial charge in [0, 0.05) is 13.1 Å². The van der Waals surface area contributed by atoms with Crippen LogP contribution in [0.3, 0.4) is 0 Å². The lowest BCUT2D eigenvalue weighted by Crippen LogP contribution is -2.32. The molecule has 0 aliphatic carbocycles. The molecule has 0 radical (unpaired) electrons. The fourth-order valence-electron chi connectivity index (χ4n) is 3.57. The van der Waals surface area contributed by atoms with Crippen LogP contribution >= 0.6 is 0 Å². The minimum Gasteiger partial charge on any atom is -0.493 e. The summed E-state index contributed by atoms with van der Waals surface area (Å²) in [6.07, 6.45) is -5.67. The molecule has 0 spiro atoms. The van der Waals surface area contributed by atoms with Gasteiger partial charge in [-0.3, -0.25) is 4.90 Å². The quantitative estimate of drug-likeness (QED) is 0.492. The number of benzene rings is 2. The minimum atomic E-state index is -4.62. The third-order valence-electron chi connectivity index (χ3n) is 4.85. The van der Waals surface area contributed by atoms with Crippen LogP contribution in [0, 0.1) is 0 Å². The first-order chi connectivity index (χ1) is 15.2. The molecule has 3 aromatic rings. The van der Waals surface area contributed by atoms with Gasteiger partial charge in [-0.15, -0.1) is 0 Å². The first kappa shape index (κ1) is 23.8. The van der Waals surface area contributed by atoms with Gasteiger partial charge in [-0.2, -0.15) is 13.2 Å². The molecular weight excluding hydrogens is 427 g/mol. The molecule has 2 N–H and O–H groups in total. The number of fused-ring (bicyclic) bond motifs is 1. The zero-order chi connectivity index (χ0) is 23.3. The van der Waals surface area contributed by atoms with Gasteiger partial charge in [0.2, 0.25) is 5.82 Å². The summed E-state index contributed by atoms with van der Waals surface area (Å²) in [6, 6.07) is 11.7. The van der Waals surface area contributed by atoms with Crippen LogP contribution in [-0.4, -0.2) is 64.7 Å². The average molecular weight is 453 g/mol. The van der Waals surface area contributed by atoms with Crippen molar-refractivity contribution < 1.29 is 32.9 Å². The second-order valence-corrected chi connectivity index (χ2v) is 7.44. The van der Waals surface area contributed by atoms with Crippen LogP contribution < -0.4 is 9.47 Å². The number of halogens is 3. The number of rotatable bonds is 10. The highest BCUT2D eigenvalue weighted by Gasteiger charge is 2.38. The van der Waals surface area contributed by atoms with Gasteiger partial charge in [-0.25, -0.2) is 4.98 Å². The number of hydrogen-bond donors (Lipinski definition) is 2. The third kappa shape index (κ3) is 5.70. The molecule has 7 nitrogen and oxygen atoms in total. The monoisotopic (exact) mass is 453 g/mol. The molecule has 0 unspecified atom stereocenters. The molecule has 0 aliphatic heterocycles. The highest BCUT2D eigenvalue weighted by Crippen LogP contribution is 2.32. The first-order valence-corrected chi connectivity index (χ1v) is 10.0. The highest BCUT2D eigenvalue weighted by atomic mass is 19.4. The Morgan fingerprint density at radius 2 is 1.91 bits per heavy atom. The number of likely N-dealkylation sites (N-methyl/N-ethyl adjacent to an activating group) is 1. The lowest BCUT2D eigenvalue weighted by atomic mass is 10.2. The Labute approximate surface area is 183 Å². The second kappa shape index (κ2) is 10.2. The molecular formula is C22H26F3N3O4. The maximum Gasteiger partial charge on any atom is 0.449 e. The van der Waals surface area contributed by atoms with E-state index in [1.165, 1.54) is 13.2 Å². The smallest absolute Gasteiger partial charge is 0.449 e. The normalized spacial score (nSPS) is 13.0. The van der Waals surface area contributed by atoms with E-state index >= 15 is 0 Å². The number of ether oxygens (including phenoxy) is 2. The van der Waals surface area contributed by atoms with E-state index < -0.39 is 18.1 Å². The van der Waals surface area contributed by atoms with E-state index in [9.17, 15) is 18.3 Å². The summed E-state index contributed by atoms with van der Waals surface area (Å²) >= 11 is 0. The number of aromatic nitrogens is 2. The van der Waals surface area contributed by atoms with Gasteiger partial charge in [0.1, 0.15) is 6.61 Å². The van der Waals surface area contributed by atoms with Crippen molar-refractivity contribution in [3.05, 3.63) is 53.9 Å². The fraction of sp³-hybridized carbons (Fsp3) is 0.409. The number of nitrogens with zero attached hydrogens (tertiary/aromatic N) is 3. The van der Waals surface area contributed by atoms with Crippen LogP contribution in [0.2, 0.25) is 0 Å². The van der Waals surface area contributed by atoms with Gasteiger partial charge in [-0.05, 0) is 36.9 Å². The number of hydrogen-bond acceptors (Lipinski definition) is 6. The van der Waals surface area contributed by atoms with Crippen molar-refractivity contribution >= 4 is 11.0 Å². The van der Waals surface area contributed by atoms with Crippen molar-refractivity contribution in [2.24, 2.45) is 0 Å². The Bertz CT molecular complexity index is 1040. The Hall–Kier alpha value is -2.82. The van der Waals surface area contributed by atoms with Crippen LogP contribution in [0.25, 0.3) is 11.0 Å². The molecule has 0 aliphatic rings. The standard InChI is InChI=1S/C22H26F3N3O4/c1-27(12-15-7-8-19(32-10-9-29)20(11-15)31-2)13-16(30)14-28-18-6-4-3-5-17(18)26-21(28)22(23,24)25/h3-8,11,16,29-30H,9-10,12-14H2,1-2H3/t16-/m0/s1. The molecule has 2 aromatic carbocycles. The molecule has 3 rings (SSSR count). The number of methoxy groups -OCH3 is 1.